The van der Waals surface area contributed by atoms with E-state index in [-0.39, 0.29) is 0 Å². The van der Waals surface area contributed by atoms with Crippen molar-refractivity contribution in [2.24, 2.45) is 0 Å². The lowest BCUT2D eigenvalue weighted by Crippen LogP contribution is -2.12. The van der Waals surface area contributed by atoms with E-state index in [2.05, 4.69) is 43.0 Å². The Labute approximate surface area is 74.0 Å². The van der Waals surface area contributed by atoms with Crippen molar-refractivity contribution in [1.82, 2.24) is 4.67 Å². The van der Waals surface area contributed by atoms with Crippen LogP contribution in [0.3, 0.4) is 0 Å². The lowest BCUT2D eigenvalue weighted by molar-refractivity contribution is 0.337. The van der Waals surface area contributed by atoms with Gasteiger partial charge in [-0.2, -0.15) is 0 Å². The van der Waals surface area contributed by atoms with Gasteiger partial charge in [0.1, 0.15) is 8.30 Å². The van der Waals surface area contributed by atoms with Crippen molar-refractivity contribution in [3.63, 3.8) is 0 Å². The van der Waals surface area contributed by atoms with Gasteiger partial charge in [0.2, 0.25) is 0 Å². The predicted molar refractivity (Wildman–Crippen MR) is 51.5 cm³/mol. The van der Waals surface area contributed by atoms with Crippen molar-refractivity contribution >= 4 is 13.6 Å². The molecule has 3 heteroatoms. The standard InChI is InChI=1S/C9H12NOP/c1-10(2)12-9-6-4-3-5-8(9)7-11-12/h3-6H,7H2,1-2H3. The molecule has 1 atom stereocenters. The lowest BCUT2D eigenvalue weighted by atomic mass is 10.2. The molecule has 0 fully saturated rings. The van der Waals surface area contributed by atoms with Crippen molar-refractivity contribution in [2.75, 3.05) is 14.1 Å². The molecule has 0 aliphatic carbocycles. The summed E-state index contributed by atoms with van der Waals surface area (Å²) in [6.45, 7) is 0.778. The van der Waals surface area contributed by atoms with E-state index in [1.807, 2.05) is 0 Å². The molecule has 12 heavy (non-hydrogen) atoms. The van der Waals surface area contributed by atoms with Gasteiger partial charge >= 0.3 is 0 Å². The largest absolute Gasteiger partial charge is 0.335 e. The van der Waals surface area contributed by atoms with Crippen LogP contribution >= 0.6 is 8.30 Å². The predicted octanol–water partition coefficient (Wildman–Crippen LogP) is 1.72. The summed E-state index contributed by atoms with van der Waals surface area (Å²) >= 11 is 0. The molecule has 0 bridgehead atoms. The maximum absolute atomic E-state index is 5.68. The van der Waals surface area contributed by atoms with E-state index in [1.54, 1.807) is 0 Å². The fraction of sp³-hybridized carbons (Fsp3) is 0.333. The second-order valence-electron chi connectivity index (χ2n) is 3.02. The minimum Gasteiger partial charge on any atom is -0.335 e. The average molecular weight is 181 g/mol. The van der Waals surface area contributed by atoms with Gasteiger partial charge in [-0.05, 0) is 19.7 Å². The van der Waals surface area contributed by atoms with E-state index in [0.29, 0.717) is 0 Å². The van der Waals surface area contributed by atoms with Gasteiger partial charge in [-0.3, -0.25) is 4.67 Å². The zero-order valence-corrected chi connectivity index (χ0v) is 8.21. The third kappa shape index (κ3) is 1.27. The van der Waals surface area contributed by atoms with Crippen molar-refractivity contribution < 1.29 is 4.52 Å². The first-order valence-electron chi connectivity index (χ1n) is 3.97. The average Bonchev–Trinajstić information content (AvgIpc) is 2.47. The second-order valence-corrected chi connectivity index (χ2v) is 5.11. The Morgan fingerprint density at radius 2 is 2.08 bits per heavy atom. The lowest BCUT2D eigenvalue weighted by Gasteiger charge is -2.17. The first-order valence-corrected chi connectivity index (χ1v) is 5.18. The first kappa shape index (κ1) is 8.18. The van der Waals surface area contributed by atoms with Gasteiger partial charge in [-0.1, -0.05) is 24.3 Å². The summed E-state index contributed by atoms with van der Waals surface area (Å²) in [5.41, 5.74) is 1.34. The Bertz CT molecular complexity index is 288. The van der Waals surface area contributed by atoms with E-state index in [9.17, 15) is 0 Å². The van der Waals surface area contributed by atoms with E-state index in [4.69, 9.17) is 4.52 Å². The van der Waals surface area contributed by atoms with Crippen LogP contribution in [0.5, 0.6) is 0 Å². The van der Waals surface area contributed by atoms with Crippen molar-refractivity contribution in [2.45, 2.75) is 6.61 Å². The first-order chi connectivity index (χ1) is 5.79. The molecule has 1 aromatic rings. The summed E-state index contributed by atoms with van der Waals surface area (Å²) in [7, 11) is 3.64. The topological polar surface area (TPSA) is 12.5 Å². The van der Waals surface area contributed by atoms with Gasteiger partial charge in [0.15, 0.2) is 0 Å². The van der Waals surface area contributed by atoms with Gasteiger partial charge in [0.05, 0.1) is 6.61 Å². The van der Waals surface area contributed by atoms with Gasteiger partial charge in [-0.25, -0.2) is 0 Å². The maximum atomic E-state index is 5.68. The molecule has 1 aliphatic rings. The van der Waals surface area contributed by atoms with Gasteiger partial charge in [0, 0.05) is 5.30 Å². The zero-order valence-electron chi connectivity index (χ0n) is 7.32. The molecule has 1 aliphatic heterocycles. The minimum absolute atomic E-state index is 0.487. The fourth-order valence-electron chi connectivity index (χ4n) is 1.35. The zero-order chi connectivity index (χ0) is 8.55. The van der Waals surface area contributed by atoms with Gasteiger partial charge < -0.3 is 4.52 Å². The van der Waals surface area contributed by atoms with Crippen molar-refractivity contribution in [3.8, 4) is 0 Å². The highest BCUT2D eigenvalue weighted by Gasteiger charge is 2.24. The normalized spacial score (nSPS) is 21.4. The summed E-state index contributed by atoms with van der Waals surface area (Å²) in [5.74, 6) is 0. The van der Waals surface area contributed by atoms with Crippen LogP contribution < -0.4 is 5.30 Å². The van der Waals surface area contributed by atoms with Crippen molar-refractivity contribution in [3.05, 3.63) is 29.8 Å². The molecule has 64 valence electrons. The number of hydrogen-bond acceptors (Lipinski definition) is 2. The van der Waals surface area contributed by atoms with Gasteiger partial charge in [-0.15, -0.1) is 0 Å². The Hall–Kier alpha value is -0.430. The van der Waals surface area contributed by atoms with Crippen LogP contribution in [0, 0.1) is 0 Å². The van der Waals surface area contributed by atoms with E-state index in [1.165, 1.54) is 10.9 Å². The Morgan fingerprint density at radius 3 is 2.83 bits per heavy atom. The summed E-state index contributed by atoms with van der Waals surface area (Å²) in [4.78, 5) is 0. The van der Waals surface area contributed by atoms with Gasteiger partial charge in [0.25, 0.3) is 0 Å². The third-order valence-electron chi connectivity index (χ3n) is 1.90. The fourth-order valence-corrected chi connectivity index (χ4v) is 3.01. The number of rotatable bonds is 1. The molecule has 0 N–H and O–H groups in total. The summed E-state index contributed by atoms with van der Waals surface area (Å²) < 4.78 is 7.83. The SMILES string of the molecule is CN(C)P1OCc2ccccc21. The molecule has 1 unspecified atom stereocenters. The second kappa shape index (κ2) is 3.14. The molecule has 1 aromatic carbocycles. The molecule has 2 rings (SSSR count). The molecule has 0 radical (unpaired) electrons. The monoisotopic (exact) mass is 181 g/mol. The van der Waals surface area contributed by atoms with Crippen molar-refractivity contribution in [1.29, 1.82) is 0 Å². The summed E-state index contributed by atoms with van der Waals surface area (Å²) in [6.07, 6.45) is 0. The molecular formula is C9H12NOP. The van der Waals surface area contributed by atoms with Crippen LogP contribution in [0.25, 0.3) is 0 Å². The van der Waals surface area contributed by atoms with E-state index in [0.717, 1.165) is 6.61 Å². The number of fused-ring (bicyclic) bond motifs is 1. The Morgan fingerprint density at radius 1 is 1.33 bits per heavy atom. The molecule has 1 heterocycles. The quantitative estimate of drug-likeness (QED) is 0.611. The van der Waals surface area contributed by atoms with Crippen LogP contribution in [-0.4, -0.2) is 18.8 Å². The van der Waals surface area contributed by atoms with Crippen LogP contribution in [-0.2, 0) is 11.1 Å². The highest BCUT2D eigenvalue weighted by molar-refractivity contribution is 7.58. The molecule has 2 nitrogen and oxygen atoms in total. The number of nitrogens with zero attached hydrogens (tertiary/aromatic N) is 1. The minimum atomic E-state index is -0.487. The number of benzene rings is 1. The Balaban J connectivity index is 2.36. The van der Waals surface area contributed by atoms with Crippen LogP contribution in [0.2, 0.25) is 0 Å². The third-order valence-corrected chi connectivity index (χ3v) is 3.85. The molecule has 0 saturated carbocycles. The Kier molecular flexibility index (Phi) is 2.14. The maximum Gasteiger partial charge on any atom is 0.137 e. The van der Waals surface area contributed by atoms with Crippen LogP contribution in [0.1, 0.15) is 5.56 Å². The van der Waals surface area contributed by atoms with Crippen LogP contribution in [0.4, 0.5) is 0 Å². The summed E-state index contributed by atoms with van der Waals surface area (Å²) in [6, 6.07) is 8.44. The van der Waals surface area contributed by atoms with E-state index >= 15 is 0 Å². The molecule has 0 saturated heterocycles. The van der Waals surface area contributed by atoms with Crippen LogP contribution in [0.15, 0.2) is 24.3 Å². The summed E-state index contributed by atoms with van der Waals surface area (Å²) in [5, 5.41) is 1.37. The highest BCUT2D eigenvalue weighted by atomic mass is 31.2. The molecule has 0 amide bonds. The molecular weight excluding hydrogens is 169 g/mol. The smallest absolute Gasteiger partial charge is 0.137 e. The molecule has 0 aromatic heterocycles. The number of hydrogen-bond donors (Lipinski definition) is 0. The van der Waals surface area contributed by atoms with E-state index < -0.39 is 8.30 Å². The highest BCUT2D eigenvalue weighted by Crippen LogP contribution is 2.44. The molecule has 0 spiro atoms.